The lowest BCUT2D eigenvalue weighted by atomic mass is 10.00. The molecule has 0 aliphatic carbocycles. The summed E-state index contributed by atoms with van der Waals surface area (Å²) < 4.78 is 38.5. The van der Waals surface area contributed by atoms with Gasteiger partial charge in [-0.25, -0.2) is 8.78 Å². The van der Waals surface area contributed by atoms with Crippen LogP contribution < -0.4 is 9.47 Å². The van der Waals surface area contributed by atoms with Gasteiger partial charge < -0.3 is 9.47 Å². The predicted octanol–water partition coefficient (Wildman–Crippen LogP) is 5.28. The minimum Gasteiger partial charge on any atom is -0.477 e. The monoisotopic (exact) mass is 433 g/mol. The smallest absolute Gasteiger partial charge is 0.231 e. The molecular formula is C26H21F2NO3. The van der Waals surface area contributed by atoms with Crippen LogP contribution in [0.25, 0.3) is 6.08 Å². The van der Waals surface area contributed by atoms with Crippen molar-refractivity contribution in [3.63, 3.8) is 0 Å². The first-order chi connectivity index (χ1) is 15.5. The molecule has 32 heavy (non-hydrogen) atoms. The van der Waals surface area contributed by atoms with Gasteiger partial charge in [-0.1, -0.05) is 24.3 Å². The van der Waals surface area contributed by atoms with Crippen LogP contribution in [0.1, 0.15) is 32.6 Å². The first-order valence-corrected chi connectivity index (χ1v) is 10.4. The van der Waals surface area contributed by atoms with Gasteiger partial charge in [-0.2, -0.15) is 0 Å². The topological polar surface area (TPSA) is 38.8 Å². The van der Waals surface area contributed by atoms with Crippen molar-refractivity contribution in [2.45, 2.75) is 19.9 Å². The molecule has 4 nitrogen and oxygen atoms in total. The average Bonchev–Trinajstić information content (AvgIpc) is 3.09. The van der Waals surface area contributed by atoms with Gasteiger partial charge in [0.25, 0.3) is 0 Å². The highest BCUT2D eigenvalue weighted by atomic mass is 19.1. The van der Waals surface area contributed by atoms with E-state index in [0.717, 1.165) is 35.4 Å². The molecule has 0 saturated carbocycles. The molecule has 0 unspecified atom stereocenters. The molecule has 0 radical (unpaired) electrons. The van der Waals surface area contributed by atoms with Crippen molar-refractivity contribution >= 4 is 11.9 Å². The molecule has 0 saturated heterocycles. The molecule has 6 heteroatoms. The third kappa shape index (κ3) is 3.89. The van der Waals surface area contributed by atoms with Crippen LogP contribution in [0.2, 0.25) is 0 Å². The lowest BCUT2D eigenvalue weighted by Gasteiger charge is -2.30. The summed E-state index contributed by atoms with van der Waals surface area (Å²) >= 11 is 0. The highest BCUT2D eigenvalue weighted by molar-refractivity contribution is 6.15. The summed E-state index contributed by atoms with van der Waals surface area (Å²) in [6, 6.07) is 14.3. The number of rotatable bonds is 4. The van der Waals surface area contributed by atoms with E-state index >= 15 is 0 Å². The van der Waals surface area contributed by atoms with E-state index in [1.165, 1.54) is 24.3 Å². The molecule has 2 aliphatic rings. The number of Topliss-reactive ketones (excluding diaryl/α,β-unsaturated/α-hetero) is 1. The van der Waals surface area contributed by atoms with E-state index in [1.807, 2.05) is 13.0 Å². The van der Waals surface area contributed by atoms with Crippen LogP contribution in [-0.2, 0) is 13.0 Å². The Balaban J connectivity index is 1.36. The Morgan fingerprint density at radius 3 is 2.62 bits per heavy atom. The summed E-state index contributed by atoms with van der Waals surface area (Å²) in [7, 11) is 0. The van der Waals surface area contributed by atoms with Gasteiger partial charge in [-0.05, 0) is 60.9 Å². The third-order valence-electron chi connectivity index (χ3n) is 5.78. The number of ether oxygens (including phenoxy) is 2. The van der Waals surface area contributed by atoms with E-state index in [9.17, 15) is 13.6 Å². The molecule has 2 heterocycles. The lowest BCUT2D eigenvalue weighted by Crippen LogP contribution is -2.34. The summed E-state index contributed by atoms with van der Waals surface area (Å²) in [5, 5.41) is 0. The SMILES string of the molecule is Cc1c2c(cc3c1O/C(=C\c1cccc(F)c1)C3=O)CN(CCc1ccc(F)cc1)CO2. The van der Waals surface area contributed by atoms with Gasteiger partial charge in [-0.3, -0.25) is 9.69 Å². The standard InChI is InChI=1S/C26H21F2NO3/c1-16-25-19(14-29(15-31-25)10-9-17-5-7-20(27)8-6-17)13-22-24(30)23(32-26(16)22)12-18-3-2-4-21(28)11-18/h2-8,11-13H,9-10,14-15H2,1H3/b23-12-. The number of nitrogens with zero attached hydrogens (tertiary/aromatic N) is 1. The number of ketones is 1. The first-order valence-electron chi connectivity index (χ1n) is 10.4. The van der Waals surface area contributed by atoms with Crippen LogP contribution in [0.5, 0.6) is 11.5 Å². The second-order valence-corrected chi connectivity index (χ2v) is 8.06. The maximum absolute atomic E-state index is 13.5. The van der Waals surface area contributed by atoms with Gasteiger partial charge in [-0.15, -0.1) is 0 Å². The number of hydrogen-bond acceptors (Lipinski definition) is 4. The van der Waals surface area contributed by atoms with E-state index in [-0.39, 0.29) is 23.2 Å². The molecule has 3 aromatic rings. The predicted molar refractivity (Wildman–Crippen MR) is 117 cm³/mol. The second-order valence-electron chi connectivity index (χ2n) is 8.06. The Kier molecular flexibility index (Phi) is 5.23. The lowest BCUT2D eigenvalue weighted by molar-refractivity contribution is 0.0954. The molecule has 162 valence electrons. The van der Waals surface area contributed by atoms with Gasteiger partial charge in [0.15, 0.2) is 5.76 Å². The highest BCUT2D eigenvalue weighted by Gasteiger charge is 2.33. The Hall–Kier alpha value is -3.51. The van der Waals surface area contributed by atoms with Gasteiger partial charge in [0.05, 0.1) is 5.56 Å². The summed E-state index contributed by atoms with van der Waals surface area (Å²) in [6.07, 6.45) is 2.32. The summed E-state index contributed by atoms with van der Waals surface area (Å²) in [6.45, 7) is 3.69. The van der Waals surface area contributed by atoms with Crippen LogP contribution in [-0.4, -0.2) is 24.0 Å². The normalized spacial score (nSPS) is 16.5. The molecule has 0 aromatic heterocycles. The van der Waals surface area contributed by atoms with Crippen molar-refractivity contribution in [3.8, 4) is 11.5 Å². The van der Waals surface area contributed by atoms with Gasteiger partial charge in [0, 0.05) is 24.2 Å². The molecule has 0 amide bonds. The number of benzene rings is 3. The molecule has 0 N–H and O–H groups in total. The number of carbonyl (C=O) groups excluding carboxylic acids is 1. The number of allylic oxidation sites excluding steroid dienone is 1. The van der Waals surface area contributed by atoms with Crippen molar-refractivity contribution in [2.24, 2.45) is 0 Å². The minimum atomic E-state index is -0.372. The molecule has 3 aromatic carbocycles. The molecular weight excluding hydrogens is 412 g/mol. The van der Waals surface area contributed by atoms with Crippen molar-refractivity contribution in [3.05, 3.63) is 99.8 Å². The Morgan fingerprint density at radius 1 is 1.03 bits per heavy atom. The zero-order chi connectivity index (χ0) is 22.2. The highest BCUT2D eigenvalue weighted by Crippen LogP contribution is 2.43. The zero-order valence-electron chi connectivity index (χ0n) is 17.5. The third-order valence-corrected chi connectivity index (χ3v) is 5.78. The average molecular weight is 433 g/mol. The van der Waals surface area contributed by atoms with Crippen LogP contribution in [0.3, 0.4) is 0 Å². The van der Waals surface area contributed by atoms with E-state index < -0.39 is 0 Å². The molecule has 0 spiro atoms. The van der Waals surface area contributed by atoms with Crippen molar-refractivity contribution < 1.29 is 23.0 Å². The van der Waals surface area contributed by atoms with Crippen LogP contribution >= 0.6 is 0 Å². The van der Waals surface area contributed by atoms with Gasteiger partial charge in [0.1, 0.15) is 29.9 Å². The van der Waals surface area contributed by atoms with Gasteiger partial charge in [0.2, 0.25) is 5.78 Å². The van der Waals surface area contributed by atoms with Crippen molar-refractivity contribution in [1.82, 2.24) is 4.90 Å². The van der Waals surface area contributed by atoms with Crippen molar-refractivity contribution in [1.29, 1.82) is 0 Å². The number of halogens is 2. The van der Waals surface area contributed by atoms with E-state index in [1.54, 1.807) is 30.3 Å². The first kappa shape index (κ1) is 20.4. The fraction of sp³-hybridized carbons (Fsp3) is 0.192. The minimum absolute atomic E-state index is 0.171. The number of hydrogen-bond donors (Lipinski definition) is 0. The summed E-state index contributed by atoms with van der Waals surface area (Å²) in [5.74, 6) is 0.565. The number of fused-ring (bicyclic) bond motifs is 2. The van der Waals surface area contributed by atoms with Gasteiger partial charge >= 0.3 is 0 Å². The maximum atomic E-state index is 13.5. The van der Waals surface area contributed by atoms with E-state index in [0.29, 0.717) is 30.2 Å². The Bertz CT molecular complexity index is 1230. The fourth-order valence-electron chi connectivity index (χ4n) is 4.13. The Morgan fingerprint density at radius 2 is 1.84 bits per heavy atom. The second kappa shape index (κ2) is 8.20. The zero-order valence-corrected chi connectivity index (χ0v) is 17.5. The largest absolute Gasteiger partial charge is 0.477 e. The van der Waals surface area contributed by atoms with E-state index in [2.05, 4.69) is 4.90 Å². The molecule has 0 atom stereocenters. The molecule has 2 aliphatic heterocycles. The summed E-state index contributed by atoms with van der Waals surface area (Å²) in [5.41, 5.74) is 3.82. The number of carbonyl (C=O) groups is 1. The van der Waals surface area contributed by atoms with Crippen LogP contribution in [0, 0.1) is 18.6 Å². The maximum Gasteiger partial charge on any atom is 0.231 e. The van der Waals surface area contributed by atoms with Crippen LogP contribution in [0.15, 0.2) is 60.4 Å². The fourth-order valence-corrected chi connectivity index (χ4v) is 4.13. The summed E-state index contributed by atoms with van der Waals surface area (Å²) in [4.78, 5) is 15.1. The van der Waals surface area contributed by atoms with Crippen molar-refractivity contribution in [2.75, 3.05) is 13.3 Å². The van der Waals surface area contributed by atoms with Crippen LogP contribution in [0.4, 0.5) is 8.78 Å². The molecule has 0 bridgehead atoms. The molecule has 5 rings (SSSR count). The van der Waals surface area contributed by atoms with E-state index in [4.69, 9.17) is 9.47 Å². The Labute approximate surface area is 184 Å². The quantitative estimate of drug-likeness (QED) is 0.525. The molecule has 0 fully saturated rings.